The molecule has 0 saturated carbocycles. The maximum absolute atomic E-state index is 12.3. The fourth-order valence-electron chi connectivity index (χ4n) is 3.29. The summed E-state index contributed by atoms with van der Waals surface area (Å²) in [4.78, 5) is 12.3. The van der Waals surface area contributed by atoms with Gasteiger partial charge in [-0.05, 0) is 42.0 Å². The number of hydrogen-bond donors (Lipinski definition) is 1. The van der Waals surface area contributed by atoms with Crippen molar-refractivity contribution in [1.82, 2.24) is 9.99 Å². The molecule has 0 spiro atoms. The van der Waals surface area contributed by atoms with E-state index in [0.29, 0.717) is 17.9 Å². The summed E-state index contributed by atoms with van der Waals surface area (Å²) in [6.45, 7) is 0.645. The summed E-state index contributed by atoms with van der Waals surface area (Å²) in [6.07, 6.45) is 3.67. The summed E-state index contributed by atoms with van der Waals surface area (Å²) >= 11 is 6.33. The van der Waals surface area contributed by atoms with Gasteiger partial charge < -0.3 is 9.30 Å². The molecule has 30 heavy (non-hydrogen) atoms. The van der Waals surface area contributed by atoms with Crippen molar-refractivity contribution in [1.29, 1.82) is 0 Å². The summed E-state index contributed by atoms with van der Waals surface area (Å²) in [5.74, 6) is 0.412. The number of hydrogen-bond acceptors (Lipinski definition) is 3. The van der Waals surface area contributed by atoms with E-state index in [9.17, 15) is 4.79 Å². The number of amides is 1. The minimum atomic E-state index is -0.284. The zero-order valence-electron chi connectivity index (χ0n) is 16.4. The second-order valence-electron chi connectivity index (χ2n) is 6.75. The van der Waals surface area contributed by atoms with Crippen LogP contribution in [0.5, 0.6) is 5.75 Å². The highest BCUT2D eigenvalue weighted by Crippen LogP contribution is 2.23. The number of nitrogens with one attached hydrogen (secondary N) is 1. The Bertz CT molecular complexity index is 1210. The Balaban J connectivity index is 1.55. The normalized spacial score (nSPS) is 11.1. The van der Waals surface area contributed by atoms with Gasteiger partial charge >= 0.3 is 0 Å². The third-order valence-electron chi connectivity index (χ3n) is 4.84. The Hall–Kier alpha value is -3.57. The highest BCUT2D eigenvalue weighted by molar-refractivity contribution is 6.31. The van der Waals surface area contributed by atoms with E-state index in [2.05, 4.69) is 21.2 Å². The van der Waals surface area contributed by atoms with Crippen LogP contribution in [0, 0.1) is 0 Å². The molecule has 0 aliphatic rings. The first-order valence-corrected chi connectivity index (χ1v) is 9.82. The van der Waals surface area contributed by atoms with Crippen molar-refractivity contribution in [3.8, 4) is 5.75 Å². The Kier molecular flexibility index (Phi) is 5.82. The predicted octanol–water partition coefficient (Wildman–Crippen LogP) is 5.12. The lowest BCUT2D eigenvalue weighted by Crippen LogP contribution is -2.17. The number of fused-ring (bicyclic) bond motifs is 1. The van der Waals surface area contributed by atoms with E-state index < -0.39 is 0 Å². The third kappa shape index (κ3) is 4.21. The van der Waals surface area contributed by atoms with E-state index >= 15 is 0 Å². The average molecular weight is 418 g/mol. The molecule has 6 heteroatoms. The van der Waals surface area contributed by atoms with Crippen molar-refractivity contribution in [3.05, 3.63) is 101 Å². The van der Waals surface area contributed by atoms with Crippen LogP contribution in [0.4, 0.5) is 0 Å². The van der Waals surface area contributed by atoms with E-state index in [-0.39, 0.29) is 5.91 Å². The molecule has 3 aromatic carbocycles. The first kappa shape index (κ1) is 19.7. The van der Waals surface area contributed by atoms with Gasteiger partial charge in [-0.1, -0.05) is 48.0 Å². The van der Waals surface area contributed by atoms with Gasteiger partial charge in [0.05, 0.1) is 13.3 Å². The van der Waals surface area contributed by atoms with Crippen LogP contribution >= 0.6 is 11.6 Å². The number of rotatable bonds is 6. The van der Waals surface area contributed by atoms with E-state index in [1.54, 1.807) is 37.6 Å². The van der Waals surface area contributed by atoms with Crippen molar-refractivity contribution in [2.24, 2.45) is 5.10 Å². The van der Waals surface area contributed by atoms with Gasteiger partial charge in [-0.25, -0.2) is 5.43 Å². The number of carbonyl (C=O) groups is 1. The number of halogens is 1. The van der Waals surface area contributed by atoms with Crippen LogP contribution in [-0.4, -0.2) is 23.8 Å². The molecule has 4 aromatic rings. The van der Waals surface area contributed by atoms with Crippen molar-refractivity contribution < 1.29 is 9.53 Å². The Morgan fingerprint density at radius 1 is 1.07 bits per heavy atom. The molecule has 4 rings (SSSR count). The van der Waals surface area contributed by atoms with Gasteiger partial charge in [-0.3, -0.25) is 4.79 Å². The van der Waals surface area contributed by atoms with Crippen LogP contribution in [-0.2, 0) is 6.54 Å². The van der Waals surface area contributed by atoms with Crippen molar-refractivity contribution in [2.45, 2.75) is 6.54 Å². The van der Waals surface area contributed by atoms with Gasteiger partial charge in [0.1, 0.15) is 5.75 Å². The molecule has 1 aromatic heterocycles. The maximum Gasteiger partial charge on any atom is 0.271 e. The van der Waals surface area contributed by atoms with Gasteiger partial charge in [0.15, 0.2) is 0 Å². The smallest absolute Gasteiger partial charge is 0.271 e. The molecule has 0 unspecified atom stereocenters. The van der Waals surface area contributed by atoms with Crippen LogP contribution in [0.2, 0.25) is 5.02 Å². The quantitative estimate of drug-likeness (QED) is 0.350. The zero-order valence-corrected chi connectivity index (χ0v) is 17.1. The van der Waals surface area contributed by atoms with E-state index in [0.717, 1.165) is 27.1 Å². The fourth-order valence-corrected chi connectivity index (χ4v) is 3.48. The van der Waals surface area contributed by atoms with E-state index in [4.69, 9.17) is 16.3 Å². The molecule has 1 heterocycles. The monoisotopic (exact) mass is 417 g/mol. The topological polar surface area (TPSA) is 55.6 Å². The fraction of sp³-hybridized carbons (Fsp3) is 0.0833. The molecule has 0 fully saturated rings. The Morgan fingerprint density at radius 2 is 1.80 bits per heavy atom. The number of hydrazone groups is 1. The van der Waals surface area contributed by atoms with E-state index in [1.807, 2.05) is 48.7 Å². The van der Waals surface area contributed by atoms with Crippen molar-refractivity contribution >= 4 is 34.6 Å². The molecule has 1 amide bonds. The lowest BCUT2D eigenvalue weighted by molar-refractivity contribution is 0.0955. The molecular formula is C24H20ClN3O2. The minimum absolute atomic E-state index is 0.284. The second kappa shape index (κ2) is 8.84. The Labute approximate surface area is 179 Å². The van der Waals surface area contributed by atoms with Crippen LogP contribution in [0.25, 0.3) is 10.9 Å². The molecule has 0 radical (unpaired) electrons. The van der Waals surface area contributed by atoms with Gasteiger partial charge in [0.2, 0.25) is 0 Å². The van der Waals surface area contributed by atoms with Crippen LogP contribution in [0.3, 0.4) is 0 Å². The second-order valence-corrected chi connectivity index (χ2v) is 7.16. The predicted molar refractivity (Wildman–Crippen MR) is 121 cm³/mol. The number of aromatic nitrogens is 1. The number of para-hydroxylation sites is 1. The lowest BCUT2D eigenvalue weighted by atomic mass is 10.2. The molecule has 0 aliphatic carbocycles. The van der Waals surface area contributed by atoms with Crippen LogP contribution in [0.15, 0.2) is 84.1 Å². The van der Waals surface area contributed by atoms with Crippen LogP contribution < -0.4 is 10.2 Å². The molecule has 1 N–H and O–H groups in total. The SMILES string of the molecule is COc1ccc(C(=O)NN=Cc2cn(Cc3ccccc3Cl)c3ccccc23)cc1. The summed E-state index contributed by atoms with van der Waals surface area (Å²) in [5, 5.41) is 5.94. The van der Waals surface area contributed by atoms with Gasteiger partial charge in [-0.2, -0.15) is 5.10 Å². The van der Waals surface area contributed by atoms with Gasteiger partial charge in [0, 0.05) is 39.8 Å². The average Bonchev–Trinajstić information content (AvgIpc) is 3.13. The Morgan fingerprint density at radius 3 is 2.57 bits per heavy atom. The minimum Gasteiger partial charge on any atom is -0.497 e. The molecular weight excluding hydrogens is 398 g/mol. The highest BCUT2D eigenvalue weighted by atomic mass is 35.5. The van der Waals surface area contributed by atoms with Gasteiger partial charge in [0.25, 0.3) is 5.91 Å². The summed E-state index contributed by atoms with van der Waals surface area (Å²) < 4.78 is 7.24. The summed E-state index contributed by atoms with van der Waals surface area (Å²) in [5.41, 5.74) is 6.10. The molecule has 0 bridgehead atoms. The standard InChI is InChI=1S/C24H20ClN3O2/c1-30-20-12-10-17(11-13-20)24(29)27-26-14-19-16-28(23-9-5-3-7-21(19)23)15-18-6-2-4-8-22(18)25/h2-14,16H,15H2,1H3,(H,27,29). The van der Waals surface area contributed by atoms with Gasteiger partial charge in [-0.15, -0.1) is 0 Å². The molecule has 0 saturated heterocycles. The third-order valence-corrected chi connectivity index (χ3v) is 5.21. The largest absolute Gasteiger partial charge is 0.497 e. The van der Waals surface area contributed by atoms with Crippen molar-refractivity contribution in [2.75, 3.05) is 7.11 Å². The molecule has 150 valence electrons. The first-order valence-electron chi connectivity index (χ1n) is 9.44. The summed E-state index contributed by atoms with van der Waals surface area (Å²) in [7, 11) is 1.58. The number of methoxy groups -OCH3 is 1. The summed E-state index contributed by atoms with van der Waals surface area (Å²) in [6, 6.07) is 22.7. The number of carbonyl (C=O) groups excluding carboxylic acids is 1. The molecule has 0 atom stereocenters. The molecule has 0 aliphatic heterocycles. The number of nitrogens with zero attached hydrogens (tertiary/aromatic N) is 2. The first-order chi connectivity index (χ1) is 14.7. The maximum atomic E-state index is 12.3. The van der Waals surface area contributed by atoms with Crippen molar-refractivity contribution in [3.63, 3.8) is 0 Å². The van der Waals surface area contributed by atoms with Crippen LogP contribution in [0.1, 0.15) is 21.5 Å². The number of benzene rings is 3. The lowest BCUT2D eigenvalue weighted by Gasteiger charge is -2.07. The highest BCUT2D eigenvalue weighted by Gasteiger charge is 2.09. The number of ether oxygens (including phenoxy) is 1. The molecule has 5 nitrogen and oxygen atoms in total. The zero-order chi connectivity index (χ0) is 20.9. The van der Waals surface area contributed by atoms with E-state index in [1.165, 1.54) is 0 Å².